The van der Waals surface area contributed by atoms with E-state index in [9.17, 15) is 0 Å². The van der Waals surface area contributed by atoms with Gasteiger partial charge in [-0.25, -0.2) is 0 Å². The Balaban J connectivity index is 1.60. The van der Waals surface area contributed by atoms with E-state index in [0.717, 1.165) is 37.0 Å². The smallest absolute Gasteiger partial charge is 0.170 e. The number of piperidine rings is 1. The summed E-state index contributed by atoms with van der Waals surface area (Å²) in [6, 6.07) is 10.0. The van der Waals surface area contributed by atoms with E-state index >= 15 is 0 Å². The number of anilines is 1. The molecule has 0 spiro atoms. The van der Waals surface area contributed by atoms with Crippen molar-refractivity contribution in [2.75, 3.05) is 31.5 Å². The fourth-order valence-corrected chi connectivity index (χ4v) is 3.40. The van der Waals surface area contributed by atoms with Crippen molar-refractivity contribution >= 4 is 23.0 Å². The third-order valence-electron chi connectivity index (χ3n) is 3.91. The summed E-state index contributed by atoms with van der Waals surface area (Å²) in [6.45, 7) is 9.31. The molecule has 0 radical (unpaired) electrons. The number of hydrogen-bond donors (Lipinski definition) is 2. The Bertz CT molecular complexity index is 425. The molecule has 116 valence electrons. The maximum Gasteiger partial charge on any atom is 0.170 e. The van der Waals surface area contributed by atoms with Crippen molar-refractivity contribution in [1.82, 2.24) is 10.2 Å². The summed E-state index contributed by atoms with van der Waals surface area (Å²) in [5.74, 6) is 1.67. The Morgan fingerprint density at radius 2 is 1.86 bits per heavy atom. The van der Waals surface area contributed by atoms with Crippen LogP contribution < -0.4 is 10.6 Å². The second-order valence-electron chi connectivity index (χ2n) is 6.31. The van der Waals surface area contributed by atoms with Gasteiger partial charge < -0.3 is 15.5 Å². The Hall–Kier alpha value is -1.13. The molecule has 0 saturated carbocycles. The standard InChI is InChI=1S/C17H27N3S/c1-14-11-15(2)13-20(12-14)10-6-9-18-17(21)19-16-7-4-3-5-8-16/h3-5,7-8,14-15H,6,9-13H2,1-2H3,(H2,18,19,21)/t14-,15-/m1/s1. The predicted octanol–water partition coefficient (Wildman–Crippen LogP) is 3.34. The van der Waals surface area contributed by atoms with Crippen LogP contribution in [0.1, 0.15) is 26.7 Å². The summed E-state index contributed by atoms with van der Waals surface area (Å²) in [4.78, 5) is 2.59. The summed E-state index contributed by atoms with van der Waals surface area (Å²) in [5.41, 5.74) is 1.04. The van der Waals surface area contributed by atoms with Crippen LogP contribution in [0.4, 0.5) is 5.69 Å². The third kappa shape index (κ3) is 6.02. The summed E-state index contributed by atoms with van der Waals surface area (Å²) >= 11 is 5.31. The molecule has 4 heteroatoms. The highest BCUT2D eigenvalue weighted by atomic mass is 32.1. The Morgan fingerprint density at radius 1 is 1.19 bits per heavy atom. The zero-order valence-electron chi connectivity index (χ0n) is 13.1. The van der Waals surface area contributed by atoms with Crippen molar-refractivity contribution in [3.8, 4) is 0 Å². The molecule has 1 aliphatic heterocycles. The van der Waals surface area contributed by atoms with E-state index in [1.165, 1.54) is 19.5 Å². The van der Waals surface area contributed by atoms with Crippen LogP contribution in [-0.4, -0.2) is 36.2 Å². The molecule has 0 aliphatic carbocycles. The lowest BCUT2D eigenvalue weighted by atomic mass is 9.92. The van der Waals surface area contributed by atoms with Gasteiger partial charge in [0.05, 0.1) is 0 Å². The number of nitrogens with one attached hydrogen (secondary N) is 2. The van der Waals surface area contributed by atoms with Crippen LogP contribution in [0.25, 0.3) is 0 Å². The second kappa shape index (κ2) is 8.35. The summed E-state index contributed by atoms with van der Waals surface area (Å²) in [6.07, 6.45) is 2.51. The summed E-state index contributed by atoms with van der Waals surface area (Å²) in [7, 11) is 0. The van der Waals surface area contributed by atoms with Crippen LogP contribution in [0, 0.1) is 11.8 Å². The number of hydrogen-bond acceptors (Lipinski definition) is 2. The van der Waals surface area contributed by atoms with Gasteiger partial charge in [0.2, 0.25) is 0 Å². The Morgan fingerprint density at radius 3 is 2.52 bits per heavy atom. The number of thiocarbonyl (C=S) groups is 1. The van der Waals surface area contributed by atoms with Crippen LogP contribution in [0.2, 0.25) is 0 Å². The van der Waals surface area contributed by atoms with Crippen molar-refractivity contribution in [2.24, 2.45) is 11.8 Å². The van der Waals surface area contributed by atoms with Crippen molar-refractivity contribution in [1.29, 1.82) is 0 Å². The quantitative estimate of drug-likeness (QED) is 0.644. The molecule has 1 fully saturated rings. The second-order valence-corrected chi connectivity index (χ2v) is 6.71. The Labute approximate surface area is 134 Å². The highest BCUT2D eigenvalue weighted by Crippen LogP contribution is 2.20. The maximum atomic E-state index is 5.31. The minimum atomic E-state index is 0.710. The average Bonchev–Trinajstić information content (AvgIpc) is 2.44. The van der Waals surface area contributed by atoms with Crippen molar-refractivity contribution < 1.29 is 0 Å². The molecule has 3 nitrogen and oxygen atoms in total. The van der Waals surface area contributed by atoms with E-state index in [1.807, 2.05) is 30.3 Å². The number of nitrogens with zero attached hydrogens (tertiary/aromatic N) is 1. The van der Waals surface area contributed by atoms with Crippen LogP contribution in [0.5, 0.6) is 0 Å². The largest absolute Gasteiger partial charge is 0.362 e. The van der Waals surface area contributed by atoms with Gasteiger partial charge >= 0.3 is 0 Å². The minimum absolute atomic E-state index is 0.710. The van der Waals surface area contributed by atoms with E-state index in [0.29, 0.717) is 5.11 Å². The average molecular weight is 305 g/mol. The first kappa shape index (κ1) is 16.2. The molecule has 0 unspecified atom stereocenters. The SMILES string of the molecule is C[C@@H]1C[C@@H](C)CN(CCCNC(=S)Nc2ccccc2)C1. The summed E-state index contributed by atoms with van der Waals surface area (Å²) < 4.78 is 0. The van der Waals surface area contributed by atoms with Crippen molar-refractivity contribution in [2.45, 2.75) is 26.7 Å². The number of para-hydroxylation sites is 1. The maximum absolute atomic E-state index is 5.31. The molecule has 1 saturated heterocycles. The van der Waals surface area contributed by atoms with Crippen LogP contribution >= 0.6 is 12.2 Å². The lowest BCUT2D eigenvalue weighted by Gasteiger charge is -2.34. The molecule has 2 rings (SSSR count). The lowest BCUT2D eigenvalue weighted by Crippen LogP contribution is -2.40. The molecule has 1 aliphatic rings. The van der Waals surface area contributed by atoms with E-state index < -0.39 is 0 Å². The normalized spacial score (nSPS) is 22.8. The molecule has 2 N–H and O–H groups in total. The monoisotopic (exact) mass is 305 g/mol. The van der Waals surface area contributed by atoms with Crippen LogP contribution in [0.3, 0.4) is 0 Å². The van der Waals surface area contributed by atoms with Crippen LogP contribution in [0.15, 0.2) is 30.3 Å². The van der Waals surface area contributed by atoms with Crippen molar-refractivity contribution in [3.05, 3.63) is 30.3 Å². The van der Waals surface area contributed by atoms with E-state index in [4.69, 9.17) is 12.2 Å². The third-order valence-corrected chi connectivity index (χ3v) is 4.16. The molecule has 0 aromatic heterocycles. The minimum Gasteiger partial charge on any atom is -0.362 e. The van der Waals surface area contributed by atoms with Crippen LogP contribution in [-0.2, 0) is 0 Å². The van der Waals surface area contributed by atoms with E-state index in [1.54, 1.807) is 0 Å². The molecular weight excluding hydrogens is 278 g/mol. The molecule has 1 aromatic rings. The fourth-order valence-electron chi connectivity index (χ4n) is 3.18. The van der Waals surface area contributed by atoms with Gasteiger partial charge in [-0.15, -0.1) is 0 Å². The van der Waals surface area contributed by atoms with Gasteiger partial charge in [0.15, 0.2) is 5.11 Å². The highest BCUT2D eigenvalue weighted by Gasteiger charge is 2.20. The van der Waals surface area contributed by atoms with E-state index in [2.05, 4.69) is 29.4 Å². The van der Waals surface area contributed by atoms with E-state index in [-0.39, 0.29) is 0 Å². The van der Waals surface area contributed by atoms with Gasteiger partial charge in [0.25, 0.3) is 0 Å². The molecular formula is C17H27N3S. The first-order valence-electron chi connectivity index (χ1n) is 7.95. The number of benzene rings is 1. The number of rotatable bonds is 5. The lowest BCUT2D eigenvalue weighted by molar-refractivity contribution is 0.140. The van der Waals surface area contributed by atoms with Gasteiger partial charge in [-0.2, -0.15) is 0 Å². The predicted molar refractivity (Wildman–Crippen MR) is 94.7 cm³/mol. The summed E-state index contributed by atoms with van der Waals surface area (Å²) in [5, 5.41) is 7.20. The van der Waals surface area contributed by atoms with Gasteiger partial charge in [0, 0.05) is 25.3 Å². The molecule has 21 heavy (non-hydrogen) atoms. The van der Waals surface area contributed by atoms with Crippen molar-refractivity contribution in [3.63, 3.8) is 0 Å². The van der Waals surface area contributed by atoms with Gasteiger partial charge in [-0.1, -0.05) is 32.0 Å². The zero-order valence-corrected chi connectivity index (χ0v) is 14.0. The van der Waals surface area contributed by atoms with Gasteiger partial charge in [0.1, 0.15) is 0 Å². The molecule has 1 aromatic carbocycles. The first-order chi connectivity index (χ1) is 10.1. The number of likely N-dealkylation sites (tertiary alicyclic amines) is 1. The van der Waals surface area contributed by atoms with Gasteiger partial charge in [-0.05, 0) is 55.6 Å². The first-order valence-corrected chi connectivity index (χ1v) is 8.36. The molecule has 0 bridgehead atoms. The zero-order chi connectivity index (χ0) is 15.1. The molecule has 0 amide bonds. The topological polar surface area (TPSA) is 27.3 Å². The molecule has 1 heterocycles. The highest BCUT2D eigenvalue weighted by molar-refractivity contribution is 7.80. The fraction of sp³-hybridized carbons (Fsp3) is 0.588. The van der Waals surface area contributed by atoms with Gasteiger partial charge in [-0.3, -0.25) is 0 Å². The molecule has 2 atom stereocenters. The Kier molecular flexibility index (Phi) is 6.46.